The molecule has 0 aromatic heterocycles. The molecule has 0 N–H and O–H groups in total. The number of rotatable bonds is 14. The third kappa shape index (κ3) is 9.17. The lowest BCUT2D eigenvalue weighted by molar-refractivity contribution is 0.310. The molecule has 0 amide bonds. The summed E-state index contributed by atoms with van der Waals surface area (Å²) >= 11 is 5.62. The van der Waals surface area contributed by atoms with Crippen molar-refractivity contribution in [2.75, 3.05) is 0 Å². The summed E-state index contributed by atoms with van der Waals surface area (Å²) in [5.41, 5.74) is 5.62. The summed E-state index contributed by atoms with van der Waals surface area (Å²) < 4.78 is 27.6. The molecular formula is C36H45ClF2. The van der Waals surface area contributed by atoms with Crippen LogP contribution in [0.4, 0.5) is 8.78 Å². The molecule has 0 atom stereocenters. The van der Waals surface area contributed by atoms with E-state index in [1.54, 1.807) is 0 Å². The second-order valence-electron chi connectivity index (χ2n) is 11.7. The van der Waals surface area contributed by atoms with Gasteiger partial charge >= 0.3 is 0 Å². The topological polar surface area (TPSA) is 0 Å². The highest BCUT2D eigenvalue weighted by Gasteiger charge is 2.22. The lowest BCUT2D eigenvalue weighted by atomic mass is 9.76. The highest BCUT2D eigenvalue weighted by Crippen LogP contribution is 2.38. The Bertz CT molecular complexity index is 1100. The molecule has 0 unspecified atom stereocenters. The number of hydrogen-bond donors (Lipinski definition) is 0. The molecule has 39 heavy (non-hydrogen) atoms. The van der Waals surface area contributed by atoms with Gasteiger partial charge in [-0.05, 0) is 103 Å². The quantitative estimate of drug-likeness (QED) is 0.138. The van der Waals surface area contributed by atoms with Crippen molar-refractivity contribution in [1.29, 1.82) is 0 Å². The van der Waals surface area contributed by atoms with Crippen molar-refractivity contribution in [3.8, 4) is 11.1 Å². The number of aryl methyl sites for hydroxylation is 2. The molecule has 0 saturated heterocycles. The van der Waals surface area contributed by atoms with Crippen LogP contribution < -0.4 is 0 Å². The maximum absolute atomic E-state index is 13.8. The average Bonchev–Trinajstić information content (AvgIpc) is 2.97. The first-order valence-electron chi connectivity index (χ1n) is 15.4. The van der Waals surface area contributed by atoms with E-state index in [1.807, 2.05) is 12.1 Å². The molecule has 0 nitrogen and oxygen atoms in total. The van der Waals surface area contributed by atoms with Gasteiger partial charge < -0.3 is 0 Å². The lowest BCUT2D eigenvalue weighted by Gasteiger charge is -2.29. The van der Waals surface area contributed by atoms with E-state index in [0.717, 1.165) is 17.9 Å². The molecule has 3 aromatic rings. The Morgan fingerprint density at radius 2 is 1.18 bits per heavy atom. The summed E-state index contributed by atoms with van der Waals surface area (Å²) in [5.74, 6) is 0.0432. The zero-order chi connectivity index (χ0) is 27.5. The lowest BCUT2D eigenvalue weighted by Crippen LogP contribution is -2.14. The predicted molar refractivity (Wildman–Crippen MR) is 163 cm³/mol. The first kappa shape index (κ1) is 29.8. The normalized spacial score (nSPS) is 17.4. The van der Waals surface area contributed by atoms with Crippen LogP contribution in [-0.4, -0.2) is 0 Å². The number of hydrogen-bond acceptors (Lipinski definition) is 0. The number of halogens is 3. The molecule has 1 fully saturated rings. The Hall–Kier alpha value is -2.19. The molecule has 210 valence electrons. The van der Waals surface area contributed by atoms with Gasteiger partial charge in [0, 0.05) is 0 Å². The average molecular weight is 551 g/mol. The Kier molecular flexibility index (Phi) is 11.9. The Morgan fingerprint density at radius 3 is 1.79 bits per heavy atom. The molecule has 4 rings (SSSR count). The molecule has 1 aliphatic rings. The van der Waals surface area contributed by atoms with Crippen molar-refractivity contribution in [1.82, 2.24) is 0 Å². The van der Waals surface area contributed by atoms with Gasteiger partial charge in [0.1, 0.15) is 16.7 Å². The molecule has 0 bridgehead atoms. The maximum Gasteiger partial charge on any atom is 0.145 e. The Labute approximate surface area is 240 Å². The summed E-state index contributed by atoms with van der Waals surface area (Å²) in [6.07, 6.45) is 19.7. The fraction of sp³-hybridized carbons (Fsp3) is 0.500. The maximum atomic E-state index is 13.8. The van der Waals surface area contributed by atoms with E-state index in [1.165, 1.54) is 119 Å². The summed E-state index contributed by atoms with van der Waals surface area (Å²) in [6, 6.07) is 20.2. The predicted octanol–water partition coefficient (Wildman–Crippen LogP) is 11.9. The summed E-state index contributed by atoms with van der Waals surface area (Å²) in [6.45, 7) is 2.28. The van der Waals surface area contributed by atoms with Crippen molar-refractivity contribution >= 4 is 11.6 Å². The molecule has 1 saturated carbocycles. The second-order valence-corrected chi connectivity index (χ2v) is 12.1. The fourth-order valence-corrected chi connectivity index (χ4v) is 6.27. The van der Waals surface area contributed by atoms with E-state index in [4.69, 9.17) is 11.6 Å². The third-order valence-corrected chi connectivity index (χ3v) is 9.09. The third-order valence-electron chi connectivity index (χ3n) is 8.73. The van der Waals surface area contributed by atoms with E-state index in [2.05, 4.69) is 43.3 Å². The van der Waals surface area contributed by atoms with Crippen LogP contribution in [0.5, 0.6) is 0 Å². The zero-order valence-electron chi connectivity index (χ0n) is 23.7. The summed E-state index contributed by atoms with van der Waals surface area (Å²) in [4.78, 5) is 0. The van der Waals surface area contributed by atoms with Crippen LogP contribution in [-0.2, 0) is 12.8 Å². The van der Waals surface area contributed by atoms with Crippen LogP contribution in [0.15, 0.2) is 60.7 Å². The van der Waals surface area contributed by atoms with Crippen molar-refractivity contribution in [3.05, 3.63) is 94.0 Å². The number of benzene rings is 3. The van der Waals surface area contributed by atoms with Gasteiger partial charge in [-0.1, -0.05) is 112 Å². The van der Waals surface area contributed by atoms with Gasteiger partial charge in [-0.25, -0.2) is 8.78 Å². The molecule has 1 aliphatic carbocycles. The van der Waals surface area contributed by atoms with Gasteiger partial charge in [0.05, 0.1) is 0 Å². The van der Waals surface area contributed by atoms with Crippen LogP contribution >= 0.6 is 11.6 Å². The fourth-order valence-electron chi connectivity index (χ4n) is 6.16. The van der Waals surface area contributed by atoms with Crippen molar-refractivity contribution in [2.45, 2.75) is 109 Å². The molecule has 3 heteroatoms. The van der Waals surface area contributed by atoms with Gasteiger partial charge in [-0.2, -0.15) is 0 Å². The molecule has 0 spiro atoms. The summed E-state index contributed by atoms with van der Waals surface area (Å²) in [5, 5.41) is -0.448. The van der Waals surface area contributed by atoms with Gasteiger partial charge in [0.25, 0.3) is 0 Å². The first-order valence-corrected chi connectivity index (χ1v) is 15.7. The van der Waals surface area contributed by atoms with Crippen LogP contribution in [0, 0.1) is 17.6 Å². The van der Waals surface area contributed by atoms with Crippen molar-refractivity contribution in [3.63, 3.8) is 0 Å². The van der Waals surface area contributed by atoms with Crippen LogP contribution in [0.3, 0.4) is 0 Å². The molecule has 0 heterocycles. The standard InChI is InChI=1S/C36H45ClF2/c1-2-3-4-5-6-7-8-9-10-27-13-19-30(20-14-27)31-21-15-28(16-22-31)11-12-29-17-23-32(24-18-29)33-25-34(38)36(37)35(39)26-33/h13-14,17-20,23-26,28,31H,2-12,15-16,21-22H2,1H3. The van der Waals surface area contributed by atoms with Crippen LogP contribution in [0.25, 0.3) is 11.1 Å². The van der Waals surface area contributed by atoms with E-state index in [9.17, 15) is 8.78 Å². The van der Waals surface area contributed by atoms with E-state index in [-0.39, 0.29) is 0 Å². The minimum atomic E-state index is -0.721. The smallest absolute Gasteiger partial charge is 0.145 e. The highest BCUT2D eigenvalue weighted by molar-refractivity contribution is 6.31. The molecular weight excluding hydrogens is 506 g/mol. The minimum Gasteiger partial charge on any atom is -0.205 e. The SMILES string of the molecule is CCCCCCCCCCc1ccc(C2CCC(CCc3ccc(-c4cc(F)c(Cl)c(F)c4)cc3)CC2)cc1. The van der Waals surface area contributed by atoms with Crippen molar-refractivity contribution in [2.24, 2.45) is 5.92 Å². The number of unbranched alkanes of at least 4 members (excludes halogenated alkanes) is 7. The minimum absolute atomic E-state index is 0.448. The van der Waals surface area contributed by atoms with Crippen LogP contribution in [0.1, 0.15) is 113 Å². The largest absolute Gasteiger partial charge is 0.205 e. The summed E-state index contributed by atoms with van der Waals surface area (Å²) in [7, 11) is 0. The second kappa shape index (κ2) is 15.6. The Balaban J connectivity index is 1.15. The van der Waals surface area contributed by atoms with Gasteiger partial charge in [0.15, 0.2) is 0 Å². The monoisotopic (exact) mass is 550 g/mol. The van der Waals surface area contributed by atoms with Gasteiger partial charge in [-0.3, -0.25) is 0 Å². The molecule has 3 aromatic carbocycles. The molecule has 0 aliphatic heterocycles. The molecule has 0 radical (unpaired) electrons. The van der Waals surface area contributed by atoms with E-state index < -0.39 is 16.7 Å². The zero-order valence-corrected chi connectivity index (χ0v) is 24.4. The van der Waals surface area contributed by atoms with E-state index >= 15 is 0 Å². The first-order chi connectivity index (χ1) is 19.0. The highest BCUT2D eigenvalue weighted by atomic mass is 35.5. The van der Waals surface area contributed by atoms with Gasteiger partial charge in [-0.15, -0.1) is 0 Å². The van der Waals surface area contributed by atoms with Gasteiger partial charge in [0.2, 0.25) is 0 Å². The Morgan fingerprint density at radius 1 is 0.641 bits per heavy atom. The van der Waals surface area contributed by atoms with Crippen molar-refractivity contribution < 1.29 is 8.78 Å². The van der Waals surface area contributed by atoms with Crippen LogP contribution in [0.2, 0.25) is 5.02 Å². The van der Waals surface area contributed by atoms with E-state index in [0.29, 0.717) is 11.5 Å².